The predicted molar refractivity (Wildman–Crippen MR) is 47.8 cm³/mol. The van der Waals surface area contributed by atoms with Crippen LogP contribution in [0.3, 0.4) is 0 Å². The van der Waals surface area contributed by atoms with Crippen LogP contribution in [0, 0.1) is 5.92 Å². The molecule has 0 saturated heterocycles. The molecule has 0 spiro atoms. The largest absolute Gasteiger partial charge is 0.396 e. The first-order valence-electron chi connectivity index (χ1n) is 4.35. The van der Waals surface area contributed by atoms with Crippen molar-refractivity contribution in [3.63, 3.8) is 0 Å². The fourth-order valence-electron chi connectivity index (χ4n) is 0.605. The molecule has 0 bridgehead atoms. The third kappa shape index (κ3) is 9.47. The zero-order chi connectivity index (χ0) is 8.53. The van der Waals surface area contributed by atoms with Crippen molar-refractivity contribution >= 4 is 6.21 Å². The van der Waals surface area contributed by atoms with E-state index >= 15 is 0 Å². The molecular formula is C9H18NO. The third-order valence-corrected chi connectivity index (χ3v) is 1.21. The van der Waals surface area contributed by atoms with Gasteiger partial charge in [0, 0.05) is 5.92 Å². The highest BCUT2D eigenvalue weighted by molar-refractivity contribution is 5.58. The molecular weight excluding hydrogens is 138 g/mol. The monoisotopic (exact) mass is 156 g/mol. The minimum absolute atomic E-state index is 0.362. The summed E-state index contributed by atoms with van der Waals surface area (Å²) < 4.78 is 0. The minimum atomic E-state index is 0.362. The van der Waals surface area contributed by atoms with Gasteiger partial charge in [-0.3, -0.25) is 0 Å². The van der Waals surface area contributed by atoms with E-state index in [1.54, 1.807) is 0 Å². The molecule has 0 aliphatic rings. The van der Waals surface area contributed by atoms with E-state index in [0.717, 1.165) is 13.0 Å². The second-order valence-corrected chi connectivity index (χ2v) is 2.92. The Kier molecular flexibility index (Phi) is 7.21. The van der Waals surface area contributed by atoms with Crippen molar-refractivity contribution in [3.05, 3.63) is 0 Å². The zero-order valence-electron chi connectivity index (χ0n) is 7.76. The zero-order valence-corrected chi connectivity index (χ0v) is 7.76. The summed E-state index contributed by atoms with van der Waals surface area (Å²) in [5.41, 5.74) is 0. The molecule has 0 aromatic carbocycles. The minimum Gasteiger partial charge on any atom is -0.396 e. The second-order valence-electron chi connectivity index (χ2n) is 2.92. The third-order valence-electron chi connectivity index (χ3n) is 1.21. The molecule has 0 saturated carbocycles. The number of rotatable bonds is 6. The standard InChI is InChI=1S/C9H18NO/c1-4-5-6-7-11-10-8-9(2)3/h9H,4-7H2,1-3H3. The maximum Gasteiger partial charge on any atom is 0.117 e. The van der Waals surface area contributed by atoms with Crippen LogP contribution in [-0.4, -0.2) is 12.8 Å². The normalized spacial score (nSPS) is 11.3. The van der Waals surface area contributed by atoms with Gasteiger partial charge in [-0.05, 0) is 6.42 Å². The Balaban J connectivity index is 3.01. The molecule has 0 atom stereocenters. The lowest BCUT2D eigenvalue weighted by molar-refractivity contribution is 0.140. The van der Waals surface area contributed by atoms with Gasteiger partial charge in [-0.1, -0.05) is 38.8 Å². The van der Waals surface area contributed by atoms with Crippen LogP contribution in [0.25, 0.3) is 0 Å². The predicted octanol–water partition coefficient (Wildman–Crippen LogP) is 2.71. The van der Waals surface area contributed by atoms with Crippen LogP contribution in [0.4, 0.5) is 0 Å². The van der Waals surface area contributed by atoms with E-state index in [9.17, 15) is 0 Å². The van der Waals surface area contributed by atoms with E-state index in [-0.39, 0.29) is 0 Å². The van der Waals surface area contributed by atoms with Crippen molar-refractivity contribution < 1.29 is 4.84 Å². The Hall–Kier alpha value is -0.530. The van der Waals surface area contributed by atoms with Gasteiger partial charge in [0.25, 0.3) is 0 Å². The van der Waals surface area contributed by atoms with Gasteiger partial charge in [0.2, 0.25) is 0 Å². The van der Waals surface area contributed by atoms with Gasteiger partial charge in [0.15, 0.2) is 0 Å². The second kappa shape index (κ2) is 7.58. The number of hydrogen-bond acceptors (Lipinski definition) is 2. The Morgan fingerprint density at radius 2 is 2.09 bits per heavy atom. The lowest BCUT2D eigenvalue weighted by Gasteiger charge is -1.97. The molecule has 0 aliphatic heterocycles. The van der Waals surface area contributed by atoms with Gasteiger partial charge < -0.3 is 4.84 Å². The van der Waals surface area contributed by atoms with Gasteiger partial charge in [-0.25, -0.2) is 0 Å². The molecule has 0 aromatic heterocycles. The van der Waals surface area contributed by atoms with Crippen molar-refractivity contribution in [3.8, 4) is 0 Å². The van der Waals surface area contributed by atoms with Gasteiger partial charge in [0.05, 0.1) is 0 Å². The molecule has 11 heavy (non-hydrogen) atoms. The molecule has 0 aromatic rings. The Labute approximate surface area is 69.6 Å². The Morgan fingerprint density at radius 3 is 2.64 bits per heavy atom. The highest BCUT2D eigenvalue weighted by atomic mass is 16.6. The summed E-state index contributed by atoms with van der Waals surface area (Å²) in [5, 5.41) is 3.69. The van der Waals surface area contributed by atoms with Crippen LogP contribution in [0.5, 0.6) is 0 Å². The van der Waals surface area contributed by atoms with Gasteiger partial charge in [-0.15, -0.1) is 0 Å². The highest BCUT2D eigenvalue weighted by Gasteiger charge is 1.87. The Bertz CT molecular complexity index is 99.7. The molecule has 0 amide bonds. The quantitative estimate of drug-likeness (QED) is 0.329. The summed E-state index contributed by atoms with van der Waals surface area (Å²) in [5.74, 6) is 0.362. The maximum absolute atomic E-state index is 4.96. The number of unbranched alkanes of at least 4 members (excludes halogenated alkanes) is 2. The van der Waals surface area contributed by atoms with E-state index in [4.69, 9.17) is 4.84 Å². The molecule has 2 heteroatoms. The van der Waals surface area contributed by atoms with Gasteiger partial charge in [-0.2, -0.15) is 0 Å². The number of hydrogen-bond donors (Lipinski definition) is 0. The van der Waals surface area contributed by atoms with Gasteiger partial charge in [0.1, 0.15) is 12.8 Å². The average Bonchev–Trinajstić information content (AvgIpc) is 1.96. The van der Waals surface area contributed by atoms with Crippen LogP contribution in [0.2, 0.25) is 0 Å². The summed E-state index contributed by atoms with van der Waals surface area (Å²) in [4.78, 5) is 4.96. The van der Waals surface area contributed by atoms with E-state index in [2.05, 4.69) is 18.3 Å². The maximum atomic E-state index is 4.96. The van der Waals surface area contributed by atoms with Gasteiger partial charge >= 0.3 is 0 Å². The molecule has 1 radical (unpaired) electrons. The van der Waals surface area contributed by atoms with E-state index in [0.29, 0.717) is 5.92 Å². The van der Waals surface area contributed by atoms with Crippen molar-refractivity contribution in [2.45, 2.75) is 40.0 Å². The lowest BCUT2D eigenvalue weighted by Crippen LogP contribution is -1.91. The summed E-state index contributed by atoms with van der Waals surface area (Å²) in [6, 6.07) is 0. The first-order chi connectivity index (χ1) is 5.27. The van der Waals surface area contributed by atoms with E-state index in [1.807, 2.05) is 13.8 Å². The summed E-state index contributed by atoms with van der Waals surface area (Å²) in [6.45, 7) is 6.95. The average molecular weight is 156 g/mol. The fraction of sp³-hybridized carbons (Fsp3) is 0.889. The van der Waals surface area contributed by atoms with Crippen molar-refractivity contribution in [2.24, 2.45) is 11.1 Å². The SMILES string of the molecule is CCCCCO/N=[C]/C(C)C. The molecule has 0 N–H and O–H groups in total. The molecule has 0 heterocycles. The van der Waals surface area contributed by atoms with Crippen molar-refractivity contribution in [1.82, 2.24) is 0 Å². The van der Waals surface area contributed by atoms with Crippen molar-refractivity contribution in [1.29, 1.82) is 0 Å². The van der Waals surface area contributed by atoms with Crippen LogP contribution in [0.1, 0.15) is 40.0 Å². The Morgan fingerprint density at radius 1 is 1.36 bits per heavy atom. The molecule has 0 fully saturated rings. The molecule has 0 aliphatic carbocycles. The van der Waals surface area contributed by atoms with E-state index < -0.39 is 0 Å². The van der Waals surface area contributed by atoms with Crippen LogP contribution in [0.15, 0.2) is 5.16 Å². The highest BCUT2D eigenvalue weighted by Crippen LogP contribution is 1.94. The first kappa shape index (κ1) is 10.5. The van der Waals surface area contributed by atoms with Crippen LogP contribution < -0.4 is 0 Å². The smallest absolute Gasteiger partial charge is 0.117 e. The fourth-order valence-corrected chi connectivity index (χ4v) is 0.605. The summed E-state index contributed by atoms with van der Waals surface area (Å²) >= 11 is 0. The molecule has 2 nitrogen and oxygen atoms in total. The summed E-state index contributed by atoms with van der Waals surface area (Å²) in [6.07, 6.45) is 6.36. The van der Waals surface area contributed by atoms with Crippen LogP contribution >= 0.6 is 0 Å². The molecule has 65 valence electrons. The van der Waals surface area contributed by atoms with E-state index in [1.165, 1.54) is 12.8 Å². The lowest BCUT2D eigenvalue weighted by atomic mass is 10.3. The summed E-state index contributed by atoms with van der Waals surface area (Å²) in [7, 11) is 0. The van der Waals surface area contributed by atoms with Crippen molar-refractivity contribution in [2.75, 3.05) is 6.61 Å². The first-order valence-corrected chi connectivity index (χ1v) is 4.35. The molecule has 0 unspecified atom stereocenters. The van der Waals surface area contributed by atoms with Crippen LogP contribution in [-0.2, 0) is 4.84 Å². The molecule has 0 rings (SSSR count). The number of nitrogens with zero attached hydrogens (tertiary/aromatic N) is 1. The topological polar surface area (TPSA) is 21.6 Å².